The summed E-state index contributed by atoms with van der Waals surface area (Å²) in [7, 11) is 0. The molecule has 5 heteroatoms. The highest BCUT2D eigenvalue weighted by molar-refractivity contribution is 5.86. The van der Waals surface area contributed by atoms with Crippen LogP contribution in [0, 0.1) is 5.92 Å². The highest BCUT2D eigenvalue weighted by Gasteiger charge is 2.21. The molecule has 20 heavy (non-hydrogen) atoms. The van der Waals surface area contributed by atoms with E-state index in [0.717, 1.165) is 12.0 Å². The highest BCUT2D eigenvalue weighted by Crippen LogP contribution is 2.21. The Kier molecular flexibility index (Phi) is 6.18. The highest BCUT2D eigenvalue weighted by atomic mass is 16.4. The lowest BCUT2D eigenvalue weighted by molar-refractivity contribution is -0.139. The normalized spacial score (nSPS) is 13.8. The number of nitrogens with one attached hydrogen (secondary N) is 1. The third kappa shape index (κ3) is 5.40. The maximum atomic E-state index is 11.9. The monoisotopic (exact) mass is 278 g/mol. The van der Waals surface area contributed by atoms with Gasteiger partial charge in [-0.3, -0.25) is 9.59 Å². The smallest absolute Gasteiger partial charge is 0.305 e. The number of benzene rings is 1. The Hall–Kier alpha value is -1.88. The summed E-state index contributed by atoms with van der Waals surface area (Å²) in [6, 6.07) is 8.44. The zero-order valence-corrected chi connectivity index (χ0v) is 11.9. The van der Waals surface area contributed by atoms with Gasteiger partial charge in [-0.2, -0.15) is 0 Å². The molecule has 2 atom stereocenters. The zero-order chi connectivity index (χ0) is 15.1. The van der Waals surface area contributed by atoms with Crippen LogP contribution in [-0.2, 0) is 9.59 Å². The van der Waals surface area contributed by atoms with Gasteiger partial charge in [0.15, 0.2) is 0 Å². The van der Waals surface area contributed by atoms with E-state index >= 15 is 0 Å². The number of carbonyl (C=O) groups excluding carboxylic acids is 1. The molecule has 110 valence electrons. The van der Waals surface area contributed by atoms with Gasteiger partial charge in [0.25, 0.3) is 0 Å². The molecule has 0 saturated heterocycles. The molecule has 0 heterocycles. The summed E-state index contributed by atoms with van der Waals surface area (Å²) >= 11 is 0. The zero-order valence-electron chi connectivity index (χ0n) is 11.9. The minimum Gasteiger partial charge on any atom is -0.481 e. The Morgan fingerprint density at radius 2 is 1.85 bits per heavy atom. The van der Waals surface area contributed by atoms with E-state index in [4.69, 9.17) is 10.8 Å². The van der Waals surface area contributed by atoms with Gasteiger partial charge in [-0.15, -0.1) is 0 Å². The van der Waals surface area contributed by atoms with Gasteiger partial charge in [-0.05, 0) is 17.9 Å². The number of carboxylic acid groups (broad SMARTS) is 1. The van der Waals surface area contributed by atoms with E-state index in [1.165, 1.54) is 0 Å². The van der Waals surface area contributed by atoms with Crippen molar-refractivity contribution in [1.82, 2.24) is 5.32 Å². The molecule has 1 aromatic carbocycles. The molecule has 0 bridgehead atoms. The minimum absolute atomic E-state index is 0.149. The molecule has 1 aromatic rings. The fourth-order valence-corrected chi connectivity index (χ4v) is 1.99. The van der Waals surface area contributed by atoms with Crippen LogP contribution in [0.3, 0.4) is 0 Å². The van der Waals surface area contributed by atoms with Crippen molar-refractivity contribution >= 4 is 11.9 Å². The second-order valence-electron chi connectivity index (χ2n) is 5.31. The van der Waals surface area contributed by atoms with E-state index in [9.17, 15) is 9.59 Å². The van der Waals surface area contributed by atoms with E-state index in [2.05, 4.69) is 19.2 Å². The van der Waals surface area contributed by atoms with Crippen molar-refractivity contribution in [3.8, 4) is 0 Å². The molecule has 0 aromatic heterocycles. The van der Waals surface area contributed by atoms with Crippen molar-refractivity contribution in [2.24, 2.45) is 11.7 Å². The first-order chi connectivity index (χ1) is 9.40. The lowest BCUT2D eigenvalue weighted by Gasteiger charge is -2.22. The summed E-state index contributed by atoms with van der Waals surface area (Å²) in [5, 5.41) is 11.5. The van der Waals surface area contributed by atoms with Crippen LogP contribution in [0.1, 0.15) is 38.3 Å². The fraction of sp³-hybridized carbons (Fsp3) is 0.467. The van der Waals surface area contributed by atoms with E-state index in [1.807, 2.05) is 30.3 Å². The second-order valence-corrected chi connectivity index (χ2v) is 5.31. The van der Waals surface area contributed by atoms with Crippen molar-refractivity contribution in [1.29, 1.82) is 0 Å². The van der Waals surface area contributed by atoms with Crippen LogP contribution in [0.5, 0.6) is 0 Å². The first kappa shape index (κ1) is 16.2. The maximum absolute atomic E-state index is 11.9. The van der Waals surface area contributed by atoms with Crippen molar-refractivity contribution in [2.75, 3.05) is 0 Å². The molecular weight excluding hydrogens is 256 g/mol. The van der Waals surface area contributed by atoms with Crippen molar-refractivity contribution in [3.63, 3.8) is 0 Å². The second kappa shape index (κ2) is 7.65. The number of nitrogens with two attached hydrogens (primary N) is 1. The molecule has 0 radical (unpaired) electrons. The minimum atomic E-state index is -1.08. The predicted octanol–water partition coefficient (Wildman–Crippen LogP) is 1.69. The van der Waals surface area contributed by atoms with Crippen LogP contribution in [0.2, 0.25) is 0 Å². The summed E-state index contributed by atoms with van der Waals surface area (Å²) < 4.78 is 0. The standard InChI is InChI=1S/C15H22N2O3/c1-10(2)8-13(11-6-4-3-5-7-11)17-15(20)12(16)9-14(18)19/h3-7,10,12-13H,8-9,16H2,1-2H3,(H,17,20)(H,18,19). The summed E-state index contributed by atoms with van der Waals surface area (Å²) in [5.74, 6) is -1.11. The van der Waals surface area contributed by atoms with Crippen LogP contribution in [0.4, 0.5) is 0 Å². The lowest BCUT2D eigenvalue weighted by Crippen LogP contribution is -2.43. The summed E-state index contributed by atoms with van der Waals surface area (Å²) in [4.78, 5) is 22.5. The molecule has 4 N–H and O–H groups in total. The van der Waals surface area contributed by atoms with Crippen LogP contribution in [0.15, 0.2) is 30.3 Å². The van der Waals surface area contributed by atoms with Crippen molar-refractivity contribution in [2.45, 2.75) is 38.8 Å². The van der Waals surface area contributed by atoms with Gasteiger partial charge in [0, 0.05) is 0 Å². The fourth-order valence-electron chi connectivity index (χ4n) is 1.99. The van der Waals surface area contributed by atoms with Gasteiger partial charge in [0.2, 0.25) is 5.91 Å². The Balaban J connectivity index is 2.75. The molecular formula is C15H22N2O3. The average Bonchev–Trinajstić information content (AvgIpc) is 2.37. The lowest BCUT2D eigenvalue weighted by atomic mass is 9.96. The number of amides is 1. The third-order valence-electron chi connectivity index (χ3n) is 2.96. The predicted molar refractivity (Wildman–Crippen MR) is 77.0 cm³/mol. The summed E-state index contributed by atoms with van der Waals surface area (Å²) in [6.07, 6.45) is 0.407. The van der Waals surface area contributed by atoms with Gasteiger partial charge in [-0.25, -0.2) is 0 Å². The summed E-state index contributed by atoms with van der Waals surface area (Å²) in [5.41, 5.74) is 6.58. The third-order valence-corrected chi connectivity index (χ3v) is 2.96. The number of hydrogen-bond donors (Lipinski definition) is 3. The molecule has 0 saturated carbocycles. The molecule has 0 aliphatic carbocycles. The number of carboxylic acids is 1. The van der Waals surface area contributed by atoms with Gasteiger partial charge in [-0.1, -0.05) is 44.2 Å². The average molecular weight is 278 g/mol. The molecule has 0 fully saturated rings. The molecule has 0 aliphatic heterocycles. The van der Waals surface area contributed by atoms with Crippen LogP contribution >= 0.6 is 0 Å². The van der Waals surface area contributed by atoms with Crippen LogP contribution in [-0.4, -0.2) is 23.0 Å². The van der Waals surface area contributed by atoms with E-state index in [0.29, 0.717) is 5.92 Å². The van der Waals surface area contributed by atoms with Gasteiger partial charge >= 0.3 is 5.97 Å². The van der Waals surface area contributed by atoms with Crippen molar-refractivity contribution < 1.29 is 14.7 Å². The quantitative estimate of drug-likeness (QED) is 0.707. The van der Waals surface area contributed by atoms with E-state index in [1.54, 1.807) is 0 Å². The Morgan fingerprint density at radius 1 is 1.25 bits per heavy atom. The molecule has 1 amide bonds. The number of aliphatic carboxylic acids is 1. The molecule has 0 aliphatic rings. The Bertz CT molecular complexity index is 446. The largest absolute Gasteiger partial charge is 0.481 e. The molecule has 0 spiro atoms. The number of hydrogen-bond acceptors (Lipinski definition) is 3. The van der Waals surface area contributed by atoms with E-state index < -0.39 is 17.9 Å². The van der Waals surface area contributed by atoms with Gasteiger partial charge in [0.1, 0.15) is 0 Å². The SMILES string of the molecule is CC(C)CC(NC(=O)C(N)CC(=O)O)c1ccccc1. The van der Waals surface area contributed by atoms with E-state index in [-0.39, 0.29) is 12.5 Å². The Labute approximate surface area is 119 Å². The van der Waals surface area contributed by atoms with Crippen LogP contribution < -0.4 is 11.1 Å². The van der Waals surface area contributed by atoms with Crippen LogP contribution in [0.25, 0.3) is 0 Å². The van der Waals surface area contributed by atoms with Gasteiger partial charge < -0.3 is 16.2 Å². The molecule has 5 nitrogen and oxygen atoms in total. The first-order valence-corrected chi connectivity index (χ1v) is 6.72. The Morgan fingerprint density at radius 3 is 2.35 bits per heavy atom. The molecule has 2 unspecified atom stereocenters. The first-order valence-electron chi connectivity index (χ1n) is 6.72. The number of rotatable bonds is 7. The number of carbonyl (C=O) groups is 2. The molecule has 1 rings (SSSR count). The summed E-state index contributed by atoms with van der Waals surface area (Å²) in [6.45, 7) is 4.14. The van der Waals surface area contributed by atoms with Crippen molar-refractivity contribution in [3.05, 3.63) is 35.9 Å². The maximum Gasteiger partial charge on any atom is 0.305 e. The topological polar surface area (TPSA) is 92.4 Å². The van der Waals surface area contributed by atoms with Gasteiger partial charge in [0.05, 0.1) is 18.5 Å².